The number of aryl methyl sites for hydroxylation is 1. The molecule has 2 saturated heterocycles. The molecule has 3 fully saturated rings. The van der Waals surface area contributed by atoms with Gasteiger partial charge in [0.05, 0.1) is 34.0 Å². The van der Waals surface area contributed by atoms with E-state index in [1.807, 2.05) is 6.92 Å². The van der Waals surface area contributed by atoms with Gasteiger partial charge in [-0.25, -0.2) is 31.7 Å². The molecule has 1 saturated carbocycles. The number of primary sulfonamides is 1. The molecule has 0 amide bonds. The zero-order valence-electron chi connectivity index (χ0n) is 17.3. The summed E-state index contributed by atoms with van der Waals surface area (Å²) in [7, 11) is -8.10. The number of thiazole rings is 1. The molecule has 170 valence electrons. The largest absolute Gasteiger partial charge is 0.384 e. The summed E-state index contributed by atoms with van der Waals surface area (Å²) in [5.41, 5.74) is 2.54. The van der Waals surface area contributed by atoms with Gasteiger partial charge >= 0.3 is 0 Å². The lowest BCUT2D eigenvalue weighted by Gasteiger charge is -2.41. The Labute approximate surface area is 186 Å². The standard InChI is InChI=1S/C19H26N4O5S3/c1-12-17(29-11-22-12)5-6-21-16-4-3-15(30(20,24)25)7-18(16)31(26,27)23-13(2)19-8-14(9-19)10-28-19/h3-4,7,11,13-14,21,23H,5-6,8-10H2,1-2H3,(H2,20,24,25). The van der Waals surface area contributed by atoms with Crippen LogP contribution in [0.1, 0.15) is 30.3 Å². The molecule has 1 aromatic heterocycles. The Morgan fingerprint density at radius 1 is 1.32 bits per heavy atom. The molecular weight excluding hydrogens is 460 g/mol. The highest BCUT2D eigenvalue weighted by molar-refractivity contribution is 7.90. The van der Waals surface area contributed by atoms with Gasteiger partial charge in [-0.15, -0.1) is 11.3 Å². The molecule has 0 radical (unpaired) electrons. The lowest BCUT2D eigenvalue weighted by molar-refractivity contribution is -0.0210. The molecule has 2 aromatic rings. The number of sulfonamides is 2. The minimum atomic E-state index is -4.06. The second-order valence-electron chi connectivity index (χ2n) is 8.23. The molecule has 3 heterocycles. The fourth-order valence-corrected chi connectivity index (χ4v) is 7.16. The van der Waals surface area contributed by atoms with Gasteiger partial charge in [0, 0.05) is 23.9 Å². The molecule has 3 aliphatic rings. The van der Waals surface area contributed by atoms with E-state index >= 15 is 0 Å². The molecule has 31 heavy (non-hydrogen) atoms. The van der Waals surface area contributed by atoms with Gasteiger partial charge in [0.2, 0.25) is 20.0 Å². The summed E-state index contributed by atoms with van der Waals surface area (Å²) >= 11 is 1.54. The number of rotatable bonds is 9. The van der Waals surface area contributed by atoms with E-state index in [9.17, 15) is 16.8 Å². The number of nitrogens with zero attached hydrogens (tertiary/aromatic N) is 1. The zero-order chi connectivity index (χ0) is 22.4. The minimum absolute atomic E-state index is 0.155. The van der Waals surface area contributed by atoms with Gasteiger partial charge in [-0.2, -0.15) is 0 Å². The van der Waals surface area contributed by atoms with E-state index in [2.05, 4.69) is 15.0 Å². The van der Waals surface area contributed by atoms with E-state index in [0.29, 0.717) is 31.2 Å². The van der Waals surface area contributed by atoms with Gasteiger partial charge in [-0.1, -0.05) is 0 Å². The molecule has 1 aromatic carbocycles. The van der Waals surface area contributed by atoms with Gasteiger partial charge in [-0.3, -0.25) is 0 Å². The Bertz CT molecular complexity index is 1180. The highest BCUT2D eigenvalue weighted by Gasteiger charge is 2.55. The lowest BCUT2D eigenvalue weighted by Crippen LogP contribution is -2.54. The first-order valence-electron chi connectivity index (χ1n) is 9.96. The predicted molar refractivity (Wildman–Crippen MR) is 118 cm³/mol. The third kappa shape index (κ3) is 4.50. The van der Waals surface area contributed by atoms with Gasteiger partial charge in [0.25, 0.3) is 0 Å². The molecule has 1 aliphatic carbocycles. The van der Waals surface area contributed by atoms with Crippen molar-refractivity contribution in [1.29, 1.82) is 0 Å². The number of nitrogens with two attached hydrogens (primary N) is 1. The van der Waals surface area contributed by atoms with Crippen LogP contribution in [-0.4, -0.2) is 46.6 Å². The van der Waals surface area contributed by atoms with E-state index in [1.54, 1.807) is 12.4 Å². The van der Waals surface area contributed by atoms with Crippen LogP contribution in [0.3, 0.4) is 0 Å². The number of anilines is 1. The van der Waals surface area contributed by atoms with E-state index < -0.39 is 31.7 Å². The summed E-state index contributed by atoms with van der Waals surface area (Å²) < 4.78 is 58.7. The Morgan fingerprint density at radius 2 is 2.06 bits per heavy atom. The Balaban J connectivity index is 1.58. The van der Waals surface area contributed by atoms with Crippen molar-refractivity contribution in [2.75, 3.05) is 18.5 Å². The predicted octanol–water partition coefficient (Wildman–Crippen LogP) is 1.60. The van der Waals surface area contributed by atoms with Crippen LogP contribution in [-0.2, 0) is 31.2 Å². The molecule has 1 unspecified atom stereocenters. The molecular formula is C19H26N4O5S3. The number of nitrogens with one attached hydrogen (secondary N) is 2. The number of hydrogen-bond donors (Lipinski definition) is 3. The summed E-state index contributed by atoms with van der Waals surface area (Å²) in [4.78, 5) is 4.89. The second kappa shape index (κ2) is 8.09. The zero-order valence-corrected chi connectivity index (χ0v) is 19.7. The van der Waals surface area contributed by atoms with Gasteiger partial charge in [0.15, 0.2) is 0 Å². The van der Waals surface area contributed by atoms with Crippen molar-refractivity contribution in [3.05, 3.63) is 34.3 Å². The average molecular weight is 487 g/mol. The maximum Gasteiger partial charge on any atom is 0.243 e. The number of hydrogen-bond acceptors (Lipinski definition) is 8. The number of ether oxygens (including phenoxy) is 1. The third-order valence-electron chi connectivity index (χ3n) is 6.08. The molecule has 2 aliphatic heterocycles. The normalized spacial score (nSPS) is 24.0. The average Bonchev–Trinajstić information content (AvgIpc) is 3.37. The van der Waals surface area contributed by atoms with Crippen LogP contribution in [0.4, 0.5) is 5.69 Å². The fourth-order valence-electron chi connectivity index (χ4n) is 4.24. The van der Waals surface area contributed by atoms with Crippen LogP contribution in [0.5, 0.6) is 0 Å². The van der Waals surface area contributed by atoms with Crippen LogP contribution in [0.2, 0.25) is 0 Å². The Hall–Kier alpha value is -1.57. The smallest absolute Gasteiger partial charge is 0.243 e. The van der Waals surface area contributed by atoms with Crippen LogP contribution in [0.25, 0.3) is 0 Å². The van der Waals surface area contributed by atoms with Crippen molar-refractivity contribution >= 4 is 37.1 Å². The van der Waals surface area contributed by atoms with Crippen LogP contribution < -0.4 is 15.2 Å². The Kier molecular flexibility index (Phi) is 5.90. The summed E-state index contributed by atoms with van der Waals surface area (Å²) in [5.74, 6) is 0.491. The summed E-state index contributed by atoms with van der Waals surface area (Å²) in [6, 6.07) is 3.39. The van der Waals surface area contributed by atoms with Crippen molar-refractivity contribution < 1.29 is 21.6 Å². The monoisotopic (exact) mass is 486 g/mol. The number of benzene rings is 1. The van der Waals surface area contributed by atoms with Gasteiger partial charge in [0.1, 0.15) is 4.90 Å². The molecule has 1 atom stereocenters. The number of aromatic nitrogens is 1. The highest BCUT2D eigenvalue weighted by Crippen LogP contribution is 2.50. The van der Waals surface area contributed by atoms with Crippen molar-refractivity contribution in [3.63, 3.8) is 0 Å². The maximum absolute atomic E-state index is 13.3. The molecule has 2 bridgehead atoms. The minimum Gasteiger partial charge on any atom is -0.384 e. The van der Waals surface area contributed by atoms with Crippen molar-refractivity contribution in [3.8, 4) is 0 Å². The summed E-state index contributed by atoms with van der Waals surface area (Å²) in [6.45, 7) is 4.81. The molecule has 12 heteroatoms. The first kappa shape index (κ1) is 22.6. The van der Waals surface area contributed by atoms with Crippen molar-refractivity contribution in [2.45, 2.75) is 54.5 Å². The second-order valence-corrected chi connectivity index (χ2v) is 12.4. The lowest BCUT2D eigenvalue weighted by atomic mass is 9.71. The number of fused-ring (bicyclic) bond motifs is 1. The summed E-state index contributed by atoms with van der Waals surface area (Å²) in [5, 5.41) is 8.36. The third-order valence-corrected chi connectivity index (χ3v) is 9.57. The first-order chi connectivity index (χ1) is 14.5. The molecule has 9 nitrogen and oxygen atoms in total. The van der Waals surface area contributed by atoms with E-state index in [1.165, 1.54) is 23.5 Å². The van der Waals surface area contributed by atoms with Crippen LogP contribution in [0, 0.1) is 12.8 Å². The van der Waals surface area contributed by atoms with E-state index in [-0.39, 0.29) is 9.79 Å². The van der Waals surface area contributed by atoms with E-state index in [4.69, 9.17) is 9.88 Å². The van der Waals surface area contributed by atoms with E-state index in [0.717, 1.165) is 29.5 Å². The maximum atomic E-state index is 13.3. The Morgan fingerprint density at radius 3 is 2.65 bits per heavy atom. The fraction of sp³-hybridized carbons (Fsp3) is 0.526. The first-order valence-corrected chi connectivity index (χ1v) is 13.9. The van der Waals surface area contributed by atoms with Crippen LogP contribution >= 0.6 is 11.3 Å². The topological polar surface area (TPSA) is 140 Å². The summed E-state index contributed by atoms with van der Waals surface area (Å²) in [6.07, 6.45) is 2.32. The van der Waals surface area contributed by atoms with Crippen LogP contribution in [0.15, 0.2) is 33.5 Å². The SMILES string of the molecule is Cc1ncsc1CCNc1ccc(S(N)(=O)=O)cc1S(=O)(=O)NC(C)C12CC(CO1)C2. The quantitative estimate of drug-likeness (QED) is 0.489. The molecule has 5 rings (SSSR count). The van der Waals surface area contributed by atoms with Crippen molar-refractivity contribution in [1.82, 2.24) is 9.71 Å². The molecule has 4 N–H and O–H groups in total. The highest BCUT2D eigenvalue weighted by atomic mass is 32.2. The van der Waals surface area contributed by atoms with Gasteiger partial charge in [-0.05, 0) is 50.8 Å². The van der Waals surface area contributed by atoms with Crippen molar-refractivity contribution in [2.24, 2.45) is 11.1 Å². The molecule has 0 spiro atoms. The van der Waals surface area contributed by atoms with Gasteiger partial charge < -0.3 is 10.1 Å².